The molecule has 2 unspecified atom stereocenters. The van der Waals surface area contributed by atoms with Crippen LogP contribution in [0.1, 0.15) is 6.42 Å². The van der Waals surface area contributed by atoms with Crippen LogP contribution in [0.15, 0.2) is 17.5 Å². The van der Waals surface area contributed by atoms with Crippen molar-refractivity contribution < 1.29 is 22.7 Å². The third-order valence-corrected chi connectivity index (χ3v) is 1.89. The fourth-order valence-electron chi connectivity index (χ4n) is 1.21. The zero-order chi connectivity index (χ0) is 9.47. The molecule has 2 aliphatic rings. The van der Waals surface area contributed by atoms with E-state index in [-0.39, 0.29) is 6.42 Å². The smallest absolute Gasteiger partial charge is 0.432 e. The van der Waals surface area contributed by atoms with E-state index in [1.807, 2.05) is 0 Å². The zero-order valence-corrected chi connectivity index (χ0v) is 6.41. The van der Waals surface area contributed by atoms with Gasteiger partial charge in [0.15, 0.2) is 11.8 Å². The highest BCUT2D eigenvalue weighted by Gasteiger charge is 2.43. The number of rotatable bonds is 0. The van der Waals surface area contributed by atoms with Crippen molar-refractivity contribution in [3.8, 4) is 0 Å². The second-order valence-corrected chi connectivity index (χ2v) is 2.81. The van der Waals surface area contributed by atoms with Gasteiger partial charge in [-0.15, -0.1) is 0 Å². The summed E-state index contributed by atoms with van der Waals surface area (Å²) in [5.74, 6) is 0. The summed E-state index contributed by atoms with van der Waals surface area (Å²) >= 11 is 0. The van der Waals surface area contributed by atoms with Gasteiger partial charge in [0.2, 0.25) is 0 Å². The summed E-state index contributed by atoms with van der Waals surface area (Å²) in [4.78, 5) is 4.60. The van der Waals surface area contributed by atoms with Gasteiger partial charge < -0.3 is 9.57 Å². The van der Waals surface area contributed by atoms with E-state index in [1.54, 1.807) is 6.08 Å². The summed E-state index contributed by atoms with van der Waals surface area (Å²) < 4.78 is 41.2. The molecule has 0 aromatic carbocycles. The van der Waals surface area contributed by atoms with Crippen LogP contribution < -0.4 is 0 Å². The fraction of sp³-hybridized carbons (Fsp3) is 0.571. The largest absolute Gasteiger partial charge is 0.493 e. The topological polar surface area (TPSA) is 30.8 Å². The van der Waals surface area contributed by atoms with Gasteiger partial charge in [-0.25, -0.2) is 0 Å². The molecule has 0 aliphatic carbocycles. The van der Waals surface area contributed by atoms with Crippen molar-refractivity contribution in [1.29, 1.82) is 0 Å². The first-order chi connectivity index (χ1) is 6.07. The molecule has 2 rings (SSSR count). The van der Waals surface area contributed by atoms with Crippen molar-refractivity contribution in [2.45, 2.75) is 24.8 Å². The van der Waals surface area contributed by atoms with Gasteiger partial charge in [-0.3, -0.25) is 0 Å². The van der Waals surface area contributed by atoms with Crippen LogP contribution in [-0.2, 0) is 9.57 Å². The fourth-order valence-corrected chi connectivity index (χ4v) is 1.21. The average Bonchev–Trinajstić information content (AvgIpc) is 2.47. The molecule has 0 aromatic rings. The number of halogens is 3. The van der Waals surface area contributed by atoms with E-state index in [1.165, 1.54) is 6.26 Å². The van der Waals surface area contributed by atoms with E-state index >= 15 is 0 Å². The summed E-state index contributed by atoms with van der Waals surface area (Å²) in [6.07, 6.45) is -2.83. The third kappa shape index (κ3) is 1.48. The molecule has 0 aromatic heterocycles. The first-order valence-corrected chi connectivity index (χ1v) is 3.69. The van der Waals surface area contributed by atoms with Gasteiger partial charge >= 0.3 is 6.18 Å². The number of fused-ring (bicyclic) bond motifs is 1. The minimum Gasteiger partial charge on any atom is -0.493 e. The van der Waals surface area contributed by atoms with Crippen LogP contribution in [0.3, 0.4) is 0 Å². The molecule has 2 aliphatic heterocycles. The van der Waals surface area contributed by atoms with E-state index in [0.717, 1.165) is 0 Å². The standard InChI is InChI=1S/C7H6F3NO2/c8-7(9,10)6-3-5-4(13-11-6)1-2-12-5/h1-2,4-5H,3H2. The average molecular weight is 193 g/mol. The maximum absolute atomic E-state index is 12.1. The van der Waals surface area contributed by atoms with Crippen LogP contribution in [0.5, 0.6) is 0 Å². The van der Waals surface area contributed by atoms with Crippen molar-refractivity contribution in [2.75, 3.05) is 0 Å². The Morgan fingerprint density at radius 1 is 1.46 bits per heavy atom. The van der Waals surface area contributed by atoms with E-state index in [9.17, 15) is 13.2 Å². The predicted molar refractivity (Wildman–Crippen MR) is 37.0 cm³/mol. The molecule has 0 saturated heterocycles. The van der Waals surface area contributed by atoms with Crippen LogP contribution in [-0.4, -0.2) is 24.1 Å². The molecule has 2 heterocycles. The highest BCUT2D eigenvalue weighted by molar-refractivity contribution is 5.90. The molecular formula is C7H6F3NO2. The lowest BCUT2D eigenvalue weighted by Gasteiger charge is -2.23. The normalized spacial score (nSPS) is 31.8. The zero-order valence-electron chi connectivity index (χ0n) is 6.41. The summed E-state index contributed by atoms with van der Waals surface area (Å²) in [5.41, 5.74) is -0.919. The first kappa shape index (κ1) is 8.40. The molecule has 0 amide bonds. The summed E-state index contributed by atoms with van der Waals surface area (Å²) in [5, 5.41) is 3.00. The SMILES string of the molecule is FC(F)(F)C1=NOC2C=COC2C1. The van der Waals surface area contributed by atoms with Gasteiger partial charge in [-0.2, -0.15) is 13.2 Å². The molecule has 3 nitrogen and oxygen atoms in total. The van der Waals surface area contributed by atoms with Gasteiger partial charge in [0.1, 0.15) is 6.10 Å². The maximum Gasteiger partial charge on any atom is 0.432 e. The van der Waals surface area contributed by atoms with Crippen LogP contribution in [0.25, 0.3) is 0 Å². The second-order valence-electron chi connectivity index (χ2n) is 2.81. The van der Waals surface area contributed by atoms with E-state index in [4.69, 9.17) is 4.74 Å². The molecule has 0 spiro atoms. The van der Waals surface area contributed by atoms with E-state index in [0.29, 0.717) is 0 Å². The summed E-state index contributed by atoms with van der Waals surface area (Å²) in [6, 6.07) is 0. The predicted octanol–water partition coefficient (Wildman–Crippen LogP) is 1.61. The Morgan fingerprint density at radius 3 is 2.92 bits per heavy atom. The van der Waals surface area contributed by atoms with Crippen LogP contribution in [0.4, 0.5) is 13.2 Å². The summed E-state index contributed by atoms with van der Waals surface area (Å²) in [7, 11) is 0. The Kier molecular flexibility index (Phi) is 1.71. The number of nitrogens with zero attached hydrogens (tertiary/aromatic N) is 1. The number of oxime groups is 1. The number of ether oxygens (including phenoxy) is 1. The molecule has 6 heteroatoms. The van der Waals surface area contributed by atoms with Gasteiger partial charge in [0, 0.05) is 6.42 Å². The molecular weight excluding hydrogens is 187 g/mol. The lowest BCUT2D eigenvalue weighted by molar-refractivity contribution is -0.0789. The maximum atomic E-state index is 12.1. The Morgan fingerprint density at radius 2 is 2.23 bits per heavy atom. The molecule has 0 saturated carbocycles. The number of hydrogen-bond donors (Lipinski definition) is 0. The molecule has 72 valence electrons. The van der Waals surface area contributed by atoms with Crippen molar-refractivity contribution >= 4 is 5.71 Å². The monoisotopic (exact) mass is 193 g/mol. The Hall–Kier alpha value is -1.20. The molecule has 0 radical (unpaired) electrons. The second kappa shape index (κ2) is 2.65. The quantitative estimate of drug-likeness (QED) is 0.585. The van der Waals surface area contributed by atoms with Crippen LogP contribution >= 0.6 is 0 Å². The molecule has 2 atom stereocenters. The minimum absolute atomic E-state index is 0.249. The Balaban J connectivity index is 2.11. The third-order valence-electron chi connectivity index (χ3n) is 1.89. The van der Waals surface area contributed by atoms with Gasteiger partial charge in [-0.05, 0) is 6.08 Å². The minimum atomic E-state index is -4.42. The van der Waals surface area contributed by atoms with Gasteiger partial charge in [0.05, 0.1) is 6.26 Å². The van der Waals surface area contributed by atoms with E-state index < -0.39 is 24.1 Å². The molecule has 13 heavy (non-hydrogen) atoms. The van der Waals surface area contributed by atoms with Gasteiger partial charge in [0.25, 0.3) is 0 Å². The van der Waals surface area contributed by atoms with Crippen molar-refractivity contribution in [2.24, 2.45) is 5.16 Å². The van der Waals surface area contributed by atoms with Gasteiger partial charge in [-0.1, -0.05) is 5.16 Å². The Bertz CT molecular complexity index is 271. The number of hydrogen-bond acceptors (Lipinski definition) is 3. The van der Waals surface area contributed by atoms with Crippen LogP contribution in [0, 0.1) is 0 Å². The van der Waals surface area contributed by atoms with Crippen molar-refractivity contribution in [1.82, 2.24) is 0 Å². The molecule has 0 bridgehead atoms. The highest BCUT2D eigenvalue weighted by Crippen LogP contribution is 2.29. The van der Waals surface area contributed by atoms with Crippen molar-refractivity contribution in [3.05, 3.63) is 12.3 Å². The summed E-state index contributed by atoms with van der Waals surface area (Å²) in [6.45, 7) is 0. The first-order valence-electron chi connectivity index (χ1n) is 3.69. The lowest BCUT2D eigenvalue weighted by atomic mass is 10.1. The van der Waals surface area contributed by atoms with Crippen LogP contribution in [0.2, 0.25) is 0 Å². The van der Waals surface area contributed by atoms with Crippen molar-refractivity contribution in [3.63, 3.8) is 0 Å². The highest BCUT2D eigenvalue weighted by atomic mass is 19.4. The lowest BCUT2D eigenvalue weighted by Crippen LogP contribution is -2.37. The van der Waals surface area contributed by atoms with E-state index in [2.05, 4.69) is 9.99 Å². The Labute approximate surface area is 71.8 Å². The molecule has 0 fully saturated rings. The number of alkyl halides is 3. The molecule has 0 N–H and O–H groups in total.